The molecule has 1 N–H and O–H groups in total. The van der Waals surface area contributed by atoms with Crippen LogP contribution in [0.4, 0.5) is 0 Å². The van der Waals surface area contributed by atoms with Crippen molar-refractivity contribution in [3.63, 3.8) is 0 Å². The van der Waals surface area contributed by atoms with Crippen molar-refractivity contribution in [2.45, 2.75) is 32.9 Å². The minimum atomic E-state index is 0.569. The molecule has 0 unspecified atom stereocenters. The molecule has 0 aliphatic carbocycles. The maximum atomic E-state index is 6.23. The monoisotopic (exact) mass is 303 g/mol. The Hall–Kier alpha value is -1.51. The first kappa shape index (κ1) is 15.9. The Morgan fingerprint density at radius 2 is 1.76 bits per heavy atom. The number of halogens is 1. The third-order valence-electron chi connectivity index (χ3n) is 3.57. The molecule has 3 heteroatoms. The molecular formula is C18H22ClNO. The van der Waals surface area contributed by atoms with Crippen molar-refractivity contribution in [1.29, 1.82) is 0 Å². The van der Waals surface area contributed by atoms with E-state index in [1.54, 1.807) is 7.11 Å². The fourth-order valence-electron chi connectivity index (χ4n) is 2.25. The van der Waals surface area contributed by atoms with Crippen LogP contribution in [0.3, 0.4) is 0 Å². The lowest BCUT2D eigenvalue weighted by Gasteiger charge is -2.12. The van der Waals surface area contributed by atoms with Gasteiger partial charge in [0.15, 0.2) is 0 Å². The molecule has 0 heterocycles. The van der Waals surface area contributed by atoms with E-state index in [-0.39, 0.29) is 0 Å². The van der Waals surface area contributed by atoms with Crippen LogP contribution < -0.4 is 10.1 Å². The van der Waals surface area contributed by atoms with Crippen molar-refractivity contribution < 1.29 is 4.74 Å². The van der Waals surface area contributed by atoms with E-state index in [1.165, 1.54) is 11.1 Å². The summed E-state index contributed by atoms with van der Waals surface area (Å²) in [5, 5.41) is 4.15. The zero-order valence-electron chi connectivity index (χ0n) is 12.8. The first-order valence-corrected chi connectivity index (χ1v) is 7.60. The number of hydrogen-bond donors (Lipinski definition) is 1. The van der Waals surface area contributed by atoms with Gasteiger partial charge < -0.3 is 10.1 Å². The molecule has 0 saturated carbocycles. The Kier molecular flexibility index (Phi) is 5.66. The largest absolute Gasteiger partial charge is 0.496 e. The predicted molar refractivity (Wildman–Crippen MR) is 89.1 cm³/mol. The van der Waals surface area contributed by atoms with Crippen molar-refractivity contribution >= 4 is 11.6 Å². The number of methoxy groups -OCH3 is 1. The van der Waals surface area contributed by atoms with E-state index in [2.05, 4.69) is 43.4 Å². The molecule has 2 aromatic rings. The molecule has 21 heavy (non-hydrogen) atoms. The van der Waals surface area contributed by atoms with E-state index in [1.807, 2.05) is 18.2 Å². The van der Waals surface area contributed by atoms with Crippen molar-refractivity contribution in [2.24, 2.45) is 0 Å². The van der Waals surface area contributed by atoms with Crippen LogP contribution in [0.5, 0.6) is 5.75 Å². The normalized spacial score (nSPS) is 10.9. The molecule has 0 aliphatic heterocycles. The lowest BCUT2D eigenvalue weighted by molar-refractivity contribution is 0.407. The van der Waals surface area contributed by atoms with Gasteiger partial charge in [-0.3, -0.25) is 0 Å². The average molecular weight is 304 g/mol. The highest BCUT2D eigenvalue weighted by atomic mass is 35.5. The molecule has 0 radical (unpaired) electrons. The Morgan fingerprint density at radius 1 is 1.05 bits per heavy atom. The van der Waals surface area contributed by atoms with E-state index >= 15 is 0 Å². The van der Waals surface area contributed by atoms with Crippen LogP contribution in [0.15, 0.2) is 42.5 Å². The summed E-state index contributed by atoms with van der Waals surface area (Å²) in [5.41, 5.74) is 3.64. The number of benzene rings is 2. The first-order chi connectivity index (χ1) is 10.1. The summed E-state index contributed by atoms with van der Waals surface area (Å²) in [4.78, 5) is 0. The minimum Gasteiger partial charge on any atom is -0.496 e. The van der Waals surface area contributed by atoms with E-state index in [9.17, 15) is 0 Å². The summed E-state index contributed by atoms with van der Waals surface area (Å²) in [6.07, 6.45) is 0. The van der Waals surface area contributed by atoms with Gasteiger partial charge in [-0.15, -0.1) is 0 Å². The molecule has 0 amide bonds. The Morgan fingerprint density at radius 3 is 2.38 bits per heavy atom. The predicted octanol–water partition coefficient (Wildman–Crippen LogP) is 4.76. The van der Waals surface area contributed by atoms with Crippen LogP contribution in [0.1, 0.15) is 36.5 Å². The van der Waals surface area contributed by atoms with E-state index in [0.717, 1.165) is 22.9 Å². The maximum absolute atomic E-state index is 6.23. The molecule has 0 atom stereocenters. The lowest BCUT2D eigenvalue weighted by Crippen LogP contribution is -2.13. The van der Waals surface area contributed by atoms with Crippen molar-refractivity contribution in [1.82, 2.24) is 5.32 Å². The van der Waals surface area contributed by atoms with Gasteiger partial charge >= 0.3 is 0 Å². The molecule has 112 valence electrons. The second-order valence-electron chi connectivity index (χ2n) is 5.42. The molecule has 0 fully saturated rings. The van der Waals surface area contributed by atoms with Crippen LogP contribution in [0, 0.1) is 0 Å². The first-order valence-electron chi connectivity index (χ1n) is 7.22. The summed E-state index contributed by atoms with van der Waals surface area (Å²) < 4.78 is 5.35. The summed E-state index contributed by atoms with van der Waals surface area (Å²) in [7, 11) is 1.67. The van der Waals surface area contributed by atoms with Crippen molar-refractivity contribution in [2.75, 3.05) is 7.11 Å². The fourth-order valence-corrected chi connectivity index (χ4v) is 2.49. The van der Waals surface area contributed by atoms with Gasteiger partial charge in [0.05, 0.1) is 7.11 Å². The summed E-state index contributed by atoms with van der Waals surface area (Å²) in [5.74, 6) is 1.39. The van der Waals surface area contributed by atoms with Gasteiger partial charge in [0.1, 0.15) is 5.75 Å². The molecule has 2 aromatic carbocycles. The van der Waals surface area contributed by atoms with Crippen LogP contribution in [0.2, 0.25) is 5.02 Å². The SMILES string of the molecule is COc1cccc(Cl)c1CNCc1ccc(C(C)C)cc1. The Bertz CT molecular complexity index is 578. The minimum absolute atomic E-state index is 0.569. The van der Waals surface area contributed by atoms with Crippen molar-refractivity contribution in [3.05, 3.63) is 64.2 Å². The number of rotatable bonds is 6. The van der Waals surface area contributed by atoms with Crippen molar-refractivity contribution in [3.8, 4) is 5.75 Å². The third-order valence-corrected chi connectivity index (χ3v) is 3.93. The zero-order valence-corrected chi connectivity index (χ0v) is 13.6. The highest BCUT2D eigenvalue weighted by Gasteiger charge is 2.07. The van der Waals surface area contributed by atoms with Crippen LogP contribution in [-0.2, 0) is 13.1 Å². The molecule has 0 saturated heterocycles. The Balaban J connectivity index is 1.95. The fraction of sp³-hybridized carbons (Fsp3) is 0.333. The highest BCUT2D eigenvalue weighted by molar-refractivity contribution is 6.31. The van der Waals surface area contributed by atoms with Gasteiger partial charge in [-0.2, -0.15) is 0 Å². The van der Waals surface area contributed by atoms with Gasteiger partial charge in [0, 0.05) is 23.7 Å². The molecule has 0 spiro atoms. The number of hydrogen-bond acceptors (Lipinski definition) is 2. The van der Waals surface area contributed by atoms with E-state index < -0.39 is 0 Å². The second-order valence-corrected chi connectivity index (χ2v) is 5.83. The maximum Gasteiger partial charge on any atom is 0.124 e. The van der Waals surface area contributed by atoms with Gasteiger partial charge in [0.25, 0.3) is 0 Å². The lowest BCUT2D eigenvalue weighted by atomic mass is 10.0. The second kappa shape index (κ2) is 7.48. The number of ether oxygens (including phenoxy) is 1. The average Bonchev–Trinajstić information content (AvgIpc) is 2.49. The standard InChI is InChI=1S/C18H22ClNO/c1-13(2)15-9-7-14(8-10-15)11-20-12-16-17(19)5-4-6-18(16)21-3/h4-10,13,20H,11-12H2,1-3H3. The topological polar surface area (TPSA) is 21.3 Å². The zero-order chi connectivity index (χ0) is 15.2. The van der Waals surface area contributed by atoms with E-state index in [4.69, 9.17) is 16.3 Å². The molecule has 2 rings (SSSR count). The molecule has 0 bridgehead atoms. The van der Waals surface area contributed by atoms with Gasteiger partial charge in [-0.1, -0.05) is 55.8 Å². The summed E-state index contributed by atoms with van der Waals surface area (Å²) >= 11 is 6.23. The van der Waals surface area contributed by atoms with Gasteiger partial charge in [0.2, 0.25) is 0 Å². The summed E-state index contributed by atoms with van der Waals surface area (Å²) in [6.45, 7) is 5.91. The molecular weight excluding hydrogens is 282 g/mol. The van der Waals surface area contributed by atoms with Crippen LogP contribution in [0.25, 0.3) is 0 Å². The third kappa shape index (κ3) is 4.23. The van der Waals surface area contributed by atoms with E-state index in [0.29, 0.717) is 12.5 Å². The highest BCUT2D eigenvalue weighted by Crippen LogP contribution is 2.26. The van der Waals surface area contributed by atoms with Gasteiger partial charge in [-0.05, 0) is 29.2 Å². The smallest absolute Gasteiger partial charge is 0.124 e. The van der Waals surface area contributed by atoms with Gasteiger partial charge in [-0.25, -0.2) is 0 Å². The Labute approximate surface area is 132 Å². The number of nitrogens with one attached hydrogen (secondary N) is 1. The molecule has 2 nitrogen and oxygen atoms in total. The quantitative estimate of drug-likeness (QED) is 0.830. The molecule has 0 aliphatic rings. The summed E-state index contributed by atoms with van der Waals surface area (Å²) in [6, 6.07) is 14.4. The molecule has 0 aromatic heterocycles. The van der Waals surface area contributed by atoms with Crippen LogP contribution >= 0.6 is 11.6 Å². The van der Waals surface area contributed by atoms with Crippen LogP contribution in [-0.4, -0.2) is 7.11 Å².